The van der Waals surface area contributed by atoms with Crippen LogP contribution in [0.4, 0.5) is 5.69 Å². The van der Waals surface area contributed by atoms with Crippen LogP contribution in [0.25, 0.3) is 0 Å². The highest BCUT2D eigenvalue weighted by molar-refractivity contribution is 6.30. The van der Waals surface area contributed by atoms with E-state index in [9.17, 15) is 4.79 Å². The quantitative estimate of drug-likeness (QED) is 0.916. The Bertz CT molecular complexity index is 760. The molecule has 1 aliphatic heterocycles. The highest BCUT2D eigenvalue weighted by Gasteiger charge is 2.31. The number of nitrogens with zero attached hydrogens (tertiary/aromatic N) is 2. The summed E-state index contributed by atoms with van der Waals surface area (Å²) in [5.74, 6) is 0.00425. The highest BCUT2D eigenvalue weighted by atomic mass is 35.5. The molecule has 1 heterocycles. The number of anilines is 1. The van der Waals surface area contributed by atoms with Crippen LogP contribution in [0, 0.1) is 13.8 Å². The Morgan fingerprint density at radius 2 is 1.88 bits per heavy atom. The van der Waals surface area contributed by atoms with Crippen LogP contribution in [-0.2, 0) is 4.79 Å². The summed E-state index contributed by atoms with van der Waals surface area (Å²) in [5, 5.41) is 0.741. The van der Waals surface area contributed by atoms with Gasteiger partial charge in [0.1, 0.15) is 0 Å². The van der Waals surface area contributed by atoms with E-state index >= 15 is 0 Å². The predicted molar refractivity (Wildman–Crippen MR) is 103 cm³/mol. The molecule has 2 aromatic carbocycles. The van der Waals surface area contributed by atoms with Crippen LogP contribution in [0.1, 0.15) is 22.7 Å². The van der Waals surface area contributed by atoms with Gasteiger partial charge in [0, 0.05) is 30.3 Å². The van der Waals surface area contributed by atoms with Crippen molar-refractivity contribution in [2.24, 2.45) is 5.73 Å². The maximum atomic E-state index is 12.1. The summed E-state index contributed by atoms with van der Waals surface area (Å²) in [4.78, 5) is 16.4. The molecule has 0 bridgehead atoms. The number of halogens is 1. The Hall–Kier alpha value is -2.04. The van der Waals surface area contributed by atoms with Crippen molar-refractivity contribution in [3.05, 3.63) is 64.2 Å². The third-order valence-electron chi connectivity index (χ3n) is 4.84. The summed E-state index contributed by atoms with van der Waals surface area (Å²) in [5.41, 5.74) is 10.3. The van der Waals surface area contributed by atoms with Crippen molar-refractivity contribution in [1.82, 2.24) is 4.90 Å². The van der Waals surface area contributed by atoms with Crippen LogP contribution < -0.4 is 10.6 Å². The molecule has 0 aromatic heterocycles. The SMILES string of the molecule is Cc1ccc(C2CN(C(=O)CN)CCN2c2ccc(Cl)cc2C)cc1. The number of carbonyl (C=O) groups excluding carboxylic acids is 1. The lowest BCUT2D eigenvalue weighted by Gasteiger charge is -2.43. The second-order valence-electron chi connectivity index (χ2n) is 6.59. The first-order valence-corrected chi connectivity index (χ1v) is 8.94. The summed E-state index contributed by atoms with van der Waals surface area (Å²) < 4.78 is 0. The van der Waals surface area contributed by atoms with Gasteiger partial charge in [0.25, 0.3) is 0 Å². The number of rotatable bonds is 3. The van der Waals surface area contributed by atoms with Crippen molar-refractivity contribution in [3.63, 3.8) is 0 Å². The van der Waals surface area contributed by atoms with Crippen LogP contribution in [0.15, 0.2) is 42.5 Å². The molecule has 0 aliphatic carbocycles. The van der Waals surface area contributed by atoms with Crippen LogP contribution >= 0.6 is 11.6 Å². The van der Waals surface area contributed by atoms with Gasteiger partial charge in [-0.05, 0) is 43.2 Å². The third kappa shape index (κ3) is 3.80. The number of hydrogen-bond donors (Lipinski definition) is 1. The minimum atomic E-state index is 0.00425. The molecule has 2 aromatic rings. The molecular weight excluding hydrogens is 334 g/mol. The Labute approximate surface area is 154 Å². The van der Waals surface area contributed by atoms with Crippen molar-refractivity contribution >= 4 is 23.2 Å². The molecule has 1 aliphatic rings. The molecule has 2 N–H and O–H groups in total. The lowest BCUT2D eigenvalue weighted by atomic mass is 9.99. The van der Waals surface area contributed by atoms with Crippen molar-refractivity contribution in [3.8, 4) is 0 Å². The topological polar surface area (TPSA) is 49.6 Å². The Morgan fingerprint density at radius 1 is 1.16 bits per heavy atom. The standard InChI is InChI=1S/C20H24ClN3O/c1-14-3-5-16(6-4-14)19-13-23(20(25)12-22)9-10-24(19)18-8-7-17(21)11-15(18)2/h3-8,11,19H,9-10,12-13,22H2,1-2H3. The zero-order valence-corrected chi connectivity index (χ0v) is 15.5. The van der Waals surface area contributed by atoms with E-state index in [2.05, 4.69) is 49.1 Å². The maximum Gasteiger partial charge on any atom is 0.236 e. The summed E-state index contributed by atoms with van der Waals surface area (Å²) in [6, 6.07) is 14.6. The summed E-state index contributed by atoms with van der Waals surface area (Å²) in [6.45, 7) is 6.30. The molecule has 4 nitrogen and oxygen atoms in total. The van der Waals surface area contributed by atoms with Crippen molar-refractivity contribution < 1.29 is 4.79 Å². The first-order chi connectivity index (χ1) is 12.0. The molecule has 1 unspecified atom stereocenters. The molecule has 1 atom stereocenters. The van der Waals surface area contributed by atoms with Gasteiger partial charge in [-0.2, -0.15) is 0 Å². The maximum absolute atomic E-state index is 12.1. The van der Waals surface area contributed by atoms with E-state index in [1.54, 1.807) is 0 Å². The summed E-state index contributed by atoms with van der Waals surface area (Å²) >= 11 is 6.12. The fourth-order valence-corrected chi connectivity index (χ4v) is 3.67. The van der Waals surface area contributed by atoms with Crippen LogP contribution in [-0.4, -0.2) is 37.0 Å². The van der Waals surface area contributed by atoms with Gasteiger partial charge in [0.2, 0.25) is 5.91 Å². The second kappa shape index (κ2) is 7.46. The molecule has 0 saturated carbocycles. The molecule has 0 radical (unpaired) electrons. The molecule has 132 valence electrons. The molecule has 1 fully saturated rings. The Morgan fingerprint density at radius 3 is 2.52 bits per heavy atom. The third-order valence-corrected chi connectivity index (χ3v) is 5.07. The molecule has 3 rings (SSSR count). The number of nitrogens with two attached hydrogens (primary N) is 1. The molecule has 5 heteroatoms. The largest absolute Gasteiger partial charge is 0.361 e. The van der Waals surface area contributed by atoms with Gasteiger partial charge in [0.15, 0.2) is 0 Å². The summed E-state index contributed by atoms with van der Waals surface area (Å²) in [6.07, 6.45) is 0. The number of carbonyl (C=O) groups is 1. The van der Waals surface area contributed by atoms with Gasteiger partial charge < -0.3 is 15.5 Å². The van der Waals surface area contributed by atoms with E-state index in [1.807, 2.05) is 17.0 Å². The lowest BCUT2D eigenvalue weighted by Crippen LogP contribution is -2.52. The molecule has 25 heavy (non-hydrogen) atoms. The van der Waals surface area contributed by atoms with Gasteiger partial charge in [-0.1, -0.05) is 41.4 Å². The van der Waals surface area contributed by atoms with Crippen molar-refractivity contribution in [1.29, 1.82) is 0 Å². The molecule has 1 amide bonds. The monoisotopic (exact) mass is 357 g/mol. The van der Waals surface area contributed by atoms with Crippen molar-refractivity contribution in [2.45, 2.75) is 19.9 Å². The average Bonchev–Trinajstić information content (AvgIpc) is 2.61. The zero-order valence-electron chi connectivity index (χ0n) is 14.7. The van der Waals surface area contributed by atoms with Crippen LogP contribution in [0.3, 0.4) is 0 Å². The van der Waals surface area contributed by atoms with Gasteiger partial charge in [-0.3, -0.25) is 4.79 Å². The number of piperazine rings is 1. The smallest absolute Gasteiger partial charge is 0.236 e. The van der Waals surface area contributed by atoms with E-state index in [0.29, 0.717) is 13.1 Å². The normalized spacial score (nSPS) is 17.7. The minimum Gasteiger partial charge on any atom is -0.361 e. The van der Waals surface area contributed by atoms with E-state index in [0.717, 1.165) is 22.8 Å². The van der Waals surface area contributed by atoms with E-state index < -0.39 is 0 Å². The first-order valence-electron chi connectivity index (χ1n) is 8.57. The molecule has 0 spiro atoms. The van der Waals surface area contributed by atoms with Gasteiger partial charge >= 0.3 is 0 Å². The number of amides is 1. The zero-order chi connectivity index (χ0) is 18.0. The minimum absolute atomic E-state index is 0.00425. The van der Waals surface area contributed by atoms with Crippen LogP contribution in [0.2, 0.25) is 5.02 Å². The summed E-state index contributed by atoms with van der Waals surface area (Å²) in [7, 11) is 0. The van der Waals surface area contributed by atoms with Crippen LogP contribution in [0.5, 0.6) is 0 Å². The Kier molecular flexibility index (Phi) is 5.30. The number of aryl methyl sites for hydroxylation is 2. The van der Waals surface area contributed by atoms with Gasteiger partial charge in [-0.25, -0.2) is 0 Å². The highest BCUT2D eigenvalue weighted by Crippen LogP contribution is 2.34. The van der Waals surface area contributed by atoms with E-state index in [1.165, 1.54) is 11.1 Å². The van der Waals surface area contributed by atoms with E-state index in [4.69, 9.17) is 17.3 Å². The molecule has 1 saturated heterocycles. The van der Waals surface area contributed by atoms with Crippen molar-refractivity contribution in [2.75, 3.05) is 31.1 Å². The fraction of sp³-hybridized carbons (Fsp3) is 0.350. The fourth-order valence-electron chi connectivity index (χ4n) is 3.44. The van der Waals surface area contributed by atoms with Gasteiger partial charge in [0.05, 0.1) is 12.6 Å². The molecular formula is C20H24ClN3O. The second-order valence-corrected chi connectivity index (χ2v) is 7.03. The average molecular weight is 358 g/mol. The van der Waals surface area contributed by atoms with E-state index in [-0.39, 0.29) is 18.5 Å². The first kappa shape index (κ1) is 17.8. The lowest BCUT2D eigenvalue weighted by molar-refractivity contribution is -0.130. The number of benzene rings is 2. The van der Waals surface area contributed by atoms with Gasteiger partial charge in [-0.15, -0.1) is 0 Å². The number of hydrogen-bond acceptors (Lipinski definition) is 3. The predicted octanol–water partition coefficient (Wildman–Crippen LogP) is 3.31. The Balaban J connectivity index is 1.97.